The van der Waals surface area contributed by atoms with Crippen molar-refractivity contribution in [1.29, 1.82) is 0 Å². The summed E-state index contributed by atoms with van der Waals surface area (Å²) in [5.41, 5.74) is 0. The molecule has 0 atom stereocenters. The van der Waals surface area contributed by atoms with E-state index in [0.29, 0.717) is 0 Å². The maximum Gasteiger partial charge on any atom is 0.461 e. The summed E-state index contributed by atoms with van der Waals surface area (Å²) in [6.45, 7) is 0. The van der Waals surface area contributed by atoms with E-state index in [1.54, 1.807) is 0 Å². The quantitative estimate of drug-likeness (QED) is 0.831. The molecule has 16 heavy (non-hydrogen) atoms. The largest absolute Gasteiger partial charge is 0.508 e. The second kappa shape index (κ2) is 4.11. The number of halogens is 6. The number of hydrogen-bond acceptors (Lipinski definition) is 2. The Labute approximate surface area is 85.1 Å². The number of phenols is 1. The summed E-state index contributed by atoms with van der Waals surface area (Å²) in [5, 5.41) is 8.65. The Morgan fingerprint density at radius 3 is 1.94 bits per heavy atom. The van der Waals surface area contributed by atoms with Crippen molar-refractivity contribution in [1.82, 2.24) is 0 Å². The van der Waals surface area contributed by atoms with Crippen LogP contribution < -0.4 is 4.74 Å². The van der Waals surface area contributed by atoms with Gasteiger partial charge in [-0.25, -0.2) is 8.78 Å². The van der Waals surface area contributed by atoms with Crippen LogP contribution in [0, 0.1) is 11.6 Å². The highest BCUT2D eigenvalue weighted by Crippen LogP contribution is 2.33. The Balaban J connectivity index is 3.07. The third-order valence-electron chi connectivity index (χ3n) is 1.48. The molecule has 0 aliphatic rings. The molecule has 1 aromatic rings. The third kappa shape index (κ3) is 2.50. The first-order valence-corrected chi connectivity index (χ1v) is 3.77. The van der Waals surface area contributed by atoms with Crippen LogP contribution >= 0.6 is 0 Å². The van der Waals surface area contributed by atoms with Gasteiger partial charge < -0.3 is 9.84 Å². The van der Waals surface area contributed by atoms with Crippen LogP contribution in [0.5, 0.6) is 11.5 Å². The summed E-state index contributed by atoms with van der Waals surface area (Å²) in [7, 11) is 0. The lowest BCUT2D eigenvalue weighted by Crippen LogP contribution is -2.34. The van der Waals surface area contributed by atoms with Crippen LogP contribution in [-0.2, 0) is 0 Å². The van der Waals surface area contributed by atoms with Crippen molar-refractivity contribution in [3.05, 3.63) is 23.8 Å². The first kappa shape index (κ1) is 12.5. The summed E-state index contributed by atoms with van der Waals surface area (Å²) in [6.07, 6.45) is -9.25. The molecule has 0 spiro atoms. The van der Waals surface area contributed by atoms with Crippen LogP contribution in [0.2, 0.25) is 0 Å². The molecule has 0 saturated carbocycles. The molecule has 0 unspecified atom stereocenters. The predicted octanol–water partition coefficient (Wildman–Crippen LogP) is 2.91. The smallest absolute Gasteiger partial charge is 0.461 e. The number of rotatable bonds is 3. The van der Waals surface area contributed by atoms with Crippen LogP contribution in [-0.4, -0.2) is 17.6 Å². The normalized spacial score (nSPS) is 11.9. The van der Waals surface area contributed by atoms with Crippen LogP contribution in [0.15, 0.2) is 12.1 Å². The second-order valence-electron chi connectivity index (χ2n) is 2.70. The van der Waals surface area contributed by atoms with Gasteiger partial charge in [0.05, 0.1) is 0 Å². The molecule has 1 N–H and O–H groups in total. The Morgan fingerprint density at radius 1 is 1.12 bits per heavy atom. The fraction of sp³-hybridized carbons (Fsp3) is 0.250. The van der Waals surface area contributed by atoms with Crippen molar-refractivity contribution in [2.45, 2.75) is 12.5 Å². The monoisotopic (exact) mass is 246 g/mol. The van der Waals surface area contributed by atoms with Gasteiger partial charge in [0.25, 0.3) is 0 Å². The van der Waals surface area contributed by atoms with E-state index < -0.39 is 35.7 Å². The molecule has 8 heteroatoms. The summed E-state index contributed by atoms with van der Waals surface area (Å²) >= 11 is 0. The van der Waals surface area contributed by atoms with Crippen LogP contribution in [0.4, 0.5) is 26.3 Å². The minimum absolute atomic E-state index is 0.250. The molecule has 0 aliphatic carbocycles. The number of hydrogen-bond donors (Lipinski definition) is 1. The van der Waals surface area contributed by atoms with Gasteiger partial charge in [0, 0.05) is 12.1 Å². The molecule has 0 bridgehead atoms. The van der Waals surface area contributed by atoms with Gasteiger partial charge in [0.2, 0.25) is 0 Å². The highest BCUT2D eigenvalue weighted by Gasteiger charge is 2.45. The van der Waals surface area contributed by atoms with Crippen molar-refractivity contribution in [2.24, 2.45) is 0 Å². The van der Waals surface area contributed by atoms with Gasteiger partial charge in [0.15, 0.2) is 17.4 Å². The Morgan fingerprint density at radius 2 is 1.56 bits per heavy atom. The lowest BCUT2D eigenvalue weighted by atomic mass is 10.3. The van der Waals surface area contributed by atoms with E-state index in [4.69, 9.17) is 5.11 Å². The van der Waals surface area contributed by atoms with Crippen LogP contribution in [0.1, 0.15) is 0 Å². The van der Waals surface area contributed by atoms with Gasteiger partial charge in [-0.05, 0) is 0 Å². The summed E-state index contributed by atoms with van der Waals surface area (Å²) in [6, 6.07) is 0.500. The molecular weight excluding hydrogens is 242 g/mol. The molecule has 0 aliphatic heterocycles. The van der Waals surface area contributed by atoms with Crippen LogP contribution in [0.3, 0.4) is 0 Å². The highest BCUT2D eigenvalue weighted by molar-refractivity contribution is 5.34. The first-order chi connectivity index (χ1) is 7.24. The van der Waals surface area contributed by atoms with E-state index in [9.17, 15) is 26.3 Å². The lowest BCUT2D eigenvalue weighted by Gasteiger charge is -2.17. The van der Waals surface area contributed by atoms with Gasteiger partial charge in [-0.2, -0.15) is 17.6 Å². The van der Waals surface area contributed by atoms with E-state index in [0.717, 1.165) is 0 Å². The lowest BCUT2D eigenvalue weighted by molar-refractivity contribution is -0.255. The number of benzene rings is 1. The zero-order valence-corrected chi connectivity index (χ0v) is 7.36. The average molecular weight is 246 g/mol. The average Bonchev–Trinajstić information content (AvgIpc) is 2.11. The van der Waals surface area contributed by atoms with Gasteiger partial charge in [-0.1, -0.05) is 0 Å². The van der Waals surface area contributed by atoms with Gasteiger partial charge in [-0.3, -0.25) is 0 Å². The maximum atomic E-state index is 12.8. The van der Waals surface area contributed by atoms with E-state index in [1.807, 2.05) is 0 Å². The third-order valence-corrected chi connectivity index (χ3v) is 1.48. The van der Waals surface area contributed by atoms with Crippen molar-refractivity contribution in [2.75, 3.05) is 0 Å². The Bertz CT molecular complexity index is 369. The number of ether oxygens (including phenoxy) is 1. The van der Waals surface area contributed by atoms with E-state index >= 15 is 0 Å². The van der Waals surface area contributed by atoms with E-state index in [1.165, 1.54) is 0 Å². The molecule has 0 radical (unpaired) electrons. The van der Waals surface area contributed by atoms with Crippen molar-refractivity contribution in [3.8, 4) is 11.5 Å². The SMILES string of the molecule is Oc1cc(F)c(OC(F)(F)C(F)F)c(F)c1. The van der Waals surface area contributed by atoms with Gasteiger partial charge >= 0.3 is 12.5 Å². The molecular formula is C8H4F6O2. The molecule has 0 saturated heterocycles. The predicted molar refractivity (Wildman–Crippen MR) is 39.6 cm³/mol. The number of phenolic OH excluding ortho intramolecular Hbond substituents is 1. The highest BCUT2D eigenvalue weighted by atomic mass is 19.3. The standard InChI is InChI=1S/C8H4F6O2/c9-4-1-3(15)2-5(10)6(4)16-8(13,14)7(11)12/h1-2,7,15H. The Kier molecular flexibility index (Phi) is 3.20. The molecule has 1 aromatic carbocycles. The van der Waals surface area contributed by atoms with Crippen molar-refractivity contribution < 1.29 is 36.2 Å². The van der Waals surface area contributed by atoms with Gasteiger partial charge in [0.1, 0.15) is 5.75 Å². The zero-order chi connectivity index (χ0) is 12.5. The summed E-state index contributed by atoms with van der Waals surface area (Å²) < 4.78 is 76.8. The van der Waals surface area contributed by atoms with Crippen molar-refractivity contribution in [3.63, 3.8) is 0 Å². The number of alkyl halides is 4. The topological polar surface area (TPSA) is 29.5 Å². The molecule has 90 valence electrons. The molecule has 0 heterocycles. The van der Waals surface area contributed by atoms with Crippen molar-refractivity contribution >= 4 is 0 Å². The molecule has 2 nitrogen and oxygen atoms in total. The second-order valence-corrected chi connectivity index (χ2v) is 2.70. The minimum Gasteiger partial charge on any atom is -0.508 e. The molecule has 0 amide bonds. The molecule has 0 fully saturated rings. The summed E-state index contributed by atoms with van der Waals surface area (Å²) in [5.74, 6) is -5.98. The minimum atomic E-state index is -5.02. The first-order valence-electron chi connectivity index (χ1n) is 3.77. The molecule has 0 aromatic heterocycles. The van der Waals surface area contributed by atoms with E-state index in [-0.39, 0.29) is 12.1 Å². The zero-order valence-electron chi connectivity index (χ0n) is 7.36. The van der Waals surface area contributed by atoms with E-state index in [2.05, 4.69) is 4.74 Å². The fourth-order valence-corrected chi connectivity index (χ4v) is 0.825. The maximum absolute atomic E-state index is 12.8. The number of aromatic hydroxyl groups is 1. The fourth-order valence-electron chi connectivity index (χ4n) is 0.825. The summed E-state index contributed by atoms with van der Waals surface area (Å²) in [4.78, 5) is 0. The molecule has 1 rings (SSSR count). The van der Waals surface area contributed by atoms with Gasteiger partial charge in [-0.15, -0.1) is 0 Å². The van der Waals surface area contributed by atoms with Crippen LogP contribution in [0.25, 0.3) is 0 Å². The Hall–Kier alpha value is -1.60.